The van der Waals surface area contributed by atoms with E-state index in [1.807, 2.05) is 35.2 Å². The van der Waals surface area contributed by atoms with Crippen molar-refractivity contribution in [1.29, 1.82) is 0 Å². The Bertz CT molecular complexity index is 962. The number of benzene rings is 2. The van der Waals surface area contributed by atoms with Crippen LogP contribution in [0.3, 0.4) is 0 Å². The van der Waals surface area contributed by atoms with Crippen molar-refractivity contribution in [2.24, 2.45) is 0 Å². The van der Waals surface area contributed by atoms with E-state index < -0.39 is 5.92 Å². The van der Waals surface area contributed by atoms with Crippen molar-refractivity contribution in [2.75, 3.05) is 13.2 Å². The van der Waals surface area contributed by atoms with Crippen LogP contribution in [-0.4, -0.2) is 42.0 Å². The van der Waals surface area contributed by atoms with E-state index in [0.29, 0.717) is 12.1 Å². The Balaban J connectivity index is 1.56. The van der Waals surface area contributed by atoms with Crippen LogP contribution in [0.2, 0.25) is 0 Å². The van der Waals surface area contributed by atoms with Gasteiger partial charge in [0.05, 0.1) is 18.1 Å². The molecule has 2 aromatic carbocycles. The summed E-state index contributed by atoms with van der Waals surface area (Å²) in [6, 6.07) is 15.8. The van der Waals surface area contributed by atoms with Gasteiger partial charge in [0, 0.05) is 24.8 Å². The second kappa shape index (κ2) is 7.88. The zero-order valence-corrected chi connectivity index (χ0v) is 17.3. The molecule has 0 aromatic heterocycles. The molecule has 5 heteroatoms. The van der Waals surface area contributed by atoms with Gasteiger partial charge in [-0.1, -0.05) is 48.0 Å². The molecular formula is C25H28N2O3. The summed E-state index contributed by atoms with van der Waals surface area (Å²) in [5.41, 5.74) is 3.65. The average molecular weight is 405 g/mol. The molecule has 2 aromatic rings. The van der Waals surface area contributed by atoms with Crippen molar-refractivity contribution in [3.63, 3.8) is 0 Å². The van der Waals surface area contributed by atoms with Crippen LogP contribution in [0.1, 0.15) is 64.7 Å². The van der Waals surface area contributed by atoms with Crippen LogP contribution in [0.4, 0.5) is 0 Å². The minimum Gasteiger partial charge on any atom is -0.376 e. The normalized spacial score (nSPS) is 25.8. The molecule has 1 aliphatic carbocycles. The van der Waals surface area contributed by atoms with Crippen LogP contribution in [0, 0.1) is 6.92 Å². The van der Waals surface area contributed by atoms with Gasteiger partial charge < -0.3 is 15.0 Å². The van der Waals surface area contributed by atoms with Gasteiger partial charge in [0.25, 0.3) is 5.91 Å². The molecule has 5 rings (SSSR count). The second-order valence-corrected chi connectivity index (χ2v) is 8.75. The van der Waals surface area contributed by atoms with E-state index >= 15 is 0 Å². The van der Waals surface area contributed by atoms with E-state index in [4.69, 9.17) is 4.74 Å². The van der Waals surface area contributed by atoms with Crippen molar-refractivity contribution >= 4 is 11.8 Å². The number of nitrogens with zero attached hydrogens (tertiary/aromatic N) is 1. The molecule has 3 aliphatic rings. The van der Waals surface area contributed by atoms with Crippen LogP contribution >= 0.6 is 0 Å². The molecule has 2 aliphatic heterocycles. The largest absolute Gasteiger partial charge is 0.376 e. The predicted molar refractivity (Wildman–Crippen MR) is 114 cm³/mol. The molecule has 2 heterocycles. The van der Waals surface area contributed by atoms with E-state index in [-0.39, 0.29) is 30.0 Å². The van der Waals surface area contributed by atoms with E-state index in [1.54, 1.807) is 0 Å². The fourth-order valence-electron chi connectivity index (χ4n) is 4.93. The number of ether oxygens (including phenoxy) is 1. The highest BCUT2D eigenvalue weighted by atomic mass is 16.5. The predicted octanol–water partition coefficient (Wildman–Crippen LogP) is 3.73. The van der Waals surface area contributed by atoms with E-state index in [0.717, 1.165) is 49.0 Å². The summed E-state index contributed by atoms with van der Waals surface area (Å²) in [6.07, 6.45) is 4.12. The third-order valence-electron chi connectivity index (χ3n) is 6.51. The first-order valence-electron chi connectivity index (χ1n) is 11.0. The van der Waals surface area contributed by atoms with Crippen LogP contribution in [0.5, 0.6) is 0 Å². The summed E-state index contributed by atoms with van der Waals surface area (Å²) in [7, 11) is 0. The summed E-state index contributed by atoms with van der Waals surface area (Å²) in [4.78, 5) is 29.0. The fourth-order valence-corrected chi connectivity index (χ4v) is 4.93. The molecule has 5 nitrogen and oxygen atoms in total. The summed E-state index contributed by atoms with van der Waals surface area (Å²) < 4.78 is 5.69. The number of carbonyl (C=O) groups is 2. The lowest BCUT2D eigenvalue weighted by atomic mass is 9.78. The highest BCUT2D eigenvalue weighted by Crippen LogP contribution is 2.47. The van der Waals surface area contributed by atoms with Crippen LogP contribution < -0.4 is 5.32 Å². The fraction of sp³-hybridized carbons (Fsp3) is 0.440. The topological polar surface area (TPSA) is 58.6 Å². The van der Waals surface area contributed by atoms with Crippen molar-refractivity contribution in [3.05, 3.63) is 70.8 Å². The lowest BCUT2D eigenvalue weighted by molar-refractivity contribution is -0.124. The molecule has 0 bridgehead atoms. The molecule has 0 radical (unpaired) electrons. The summed E-state index contributed by atoms with van der Waals surface area (Å²) in [5.74, 6) is -0.409. The lowest BCUT2D eigenvalue weighted by Crippen LogP contribution is -2.49. The van der Waals surface area contributed by atoms with Crippen molar-refractivity contribution in [2.45, 2.75) is 56.7 Å². The van der Waals surface area contributed by atoms with Gasteiger partial charge in [-0.15, -0.1) is 0 Å². The van der Waals surface area contributed by atoms with Crippen LogP contribution in [0.25, 0.3) is 0 Å². The van der Waals surface area contributed by atoms with Gasteiger partial charge in [0.15, 0.2) is 0 Å². The Morgan fingerprint density at radius 1 is 1.13 bits per heavy atom. The van der Waals surface area contributed by atoms with E-state index in [1.165, 1.54) is 0 Å². The molecular weight excluding hydrogens is 376 g/mol. The van der Waals surface area contributed by atoms with E-state index in [2.05, 4.69) is 30.4 Å². The Labute approximate surface area is 177 Å². The van der Waals surface area contributed by atoms with Gasteiger partial charge in [-0.2, -0.15) is 0 Å². The van der Waals surface area contributed by atoms with Crippen molar-refractivity contribution in [1.82, 2.24) is 10.2 Å². The van der Waals surface area contributed by atoms with Gasteiger partial charge in [-0.3, -0.25) is 9.59 Å². The van der Waals surface area contributed by atoms with E-state index in [9.17, 15) is 9.59 Å². The Morgan fingerprint density at radius 2 is 1.97 bits per heavy atom. The van der Waals surface area contributed by atoms with Gasteiger partial charge >= 0.3 is 0 Å². The zero-order chi connectivity index (χ0) is 20.7. The van der Waals surface area contributed by atoms with Crippen LogP contribution in [0.15, 0.2) is 48.5 Å². The standard InChI is InChI=1S/C25H28N2O3/c1-16-6-4-7-17(14-16)23-22(24(28)26-15-19-8-5-13-30-19)20-9-2-3-10-21(20)25(29)27(23)18-11-12-18/h2-4,6-7,9-10,14,18-19,22-23H,5,8,11-13,15H2,1H3,(H,26,28). The molecule has 1 saturated carbocycles. The first kappa shape index (κ1) is 19.3. The Morgan fingerprint density at radius 3 is 2.70 bits per heavy atom. The maximum atomic E-state index is 13.6. The first-order valence-corrected chi connectivity index (χ1v) is 11.0. The smallest absolute Gasteiger partial charge is 0.254 e. The number of nitrogens with one attached hydrogen (secondary N) is 1. The molecule has 30 heavy (non-hydrogen) atoms. The Kier molecular flexibility index (Phi) is 5.07. The molecule has 2 amide bonds. The number of hydrogen-bond acceptors (Lipinski definition) is 3. The molecule has 156 valence electrons. The maximum absolute atomic E-state index is 13.6. The number of rotatable bonds is 5. The summed E-state index contributed by atoms with van der Waals surface area (Å²) >= 11 is 0. The molecule has 3 atom stereocenters. The number of fused-ring (bicyclic) bond motifs is 1. The van der Waals surface area contributed by atoms with Gasteiger partial charge in [0.2, 0.25) is 5.91 Å². The SMILES string of the molecule is Cc1cccc(C2C(C(=O)NCC3CCCO3)c3ccccc3C(=O)N2C2CC2)c1. The molecule has 0 spiro atoms. The second-order valence-electron chi connectivity index (χ2n) is 8.75. The number of hydrogen-bond donors (Lipinski definition) is 1. The third kappa shape index (κ3) is 3.52. The zero-order valence-electron chi connectivity index (χ0n) is 17.3. The maximum Gasteiger partial charge on any atom is 0.254 e. The molecule has 1 saturated heterocycles. The summed E-state index contributed by atoms with van der Waals surface area (Å²) in [5, 5.41) is 3.14. The van der Waals surface area contributed by atoms with Gasteiger partial charge in [-0.05, 0) is 49.8 Å². The number of aryl methyl sites for hydroxylation is 1. The minimum atomic E-state index is -0.428. The quantitative estimate of drug-likeness (QED) is 0.826. The highest BCUT2D eigenvalue weighted by molar-refractivity contribution is 6.01. The average Bonchev–Trinajstić information content (AvgIpc) is 3.45. The minimum absolute atomic E-state index is 0.0254. The first-order chi connectivity index (χ1) is 14.6. The molecule has 2 fully saturated rings. The van der Waals surface area contributed by atoms with Gasteiger partial charge in [0.1, 0.15) is 0 Å². The molecule has 3 unspecified atom stereocenters. The van der Waals surface area contributed by atoms with Crippen molar-refractivity contribution in [3.8, 4) is 0 Å². The molecule has 1 N–H and O–H groups in total. The number of carbonyl (C=O) groups excluding carboxylic acids is 2. The third-order valence-corrected chi connectivity index (χ3v) is 6.51. The van der Waals surface area contributed by atoms with Gasteiger partial charge in [-0.25, -0.2) is 0 Å². The lowest BCUT2D eigenvalue weighted by Gasteiger charge is -2.42. The number of amides is 2. The van der Waals surface area contributed by atoms with Crippen molar-refractivity contribution < 1.29 is 14.3 Å². The monoisotopic (exact) mass is 404 g/mol. The summed E-state index contributed by atoms with van der Waals surface area (Å²) in [6.45, 7) is 3.34. The Hall–Kier alpha value is -2.66. The highest BCUT2D eigenvalue weighted by Gasteiger charge is 2.49. The van der Waals surface area contributed by atoms with Crippen LogP contribution in [-0.2, 0) is 9.53 Å².